The number of aromatic nitrogens is 2. The highest BCUT2D eigenvalue weighted by Crippen LogP contribution is 2.21. The first kappa shape index (κ1) is 7.57. The fourth-order valence-corrected chi connectivity index (χ4v) is 0.853. The monoisotopic (exact) mass is 177 g/mol. The second kappa shape index (κ2) is 2.60. The van der Waals surface area contributed by atoms with Gasteiger partial charge in [-0.05, 0) is 6.92 Å². The lowest BCUT2D eigenvalue weighted by molar-refractivity contribution is 1.12. The topological polar surface area (TPSA) is 51.8 Å². The van der Waals surface area contributed by atoms with E-state index in [1.54, 1.807) is 6.92 Å². The van der Waals surface area contributed by atoms with E-state index in [2.05, 4.69) is 9.97 Å². The van der Waals surface area contributed by atoms with Gasteiger partial charge in [-0.25, -0.2) is 4.98 Å². The maximum Gasteiger partial charge on any atom is 0.221 e. The van der Waals surface area contributed by atoms with Gasteiger partial charge in [0.25, 0.3) is 0 Å². The van der Waals surface area contributed by atoms with E-state index in [9.17, 15) is 0 Å². The Morgan fingerprint density at radius 2 is 1.90 bits per heavy atom. The second-order valence-corrected chi connectivity index (χ2v) is 2.51. The van der Waals surface area contributed by atoms with Crippen LogP contribution >= 0.6 is 23.2 Å². The van der Waals surface area contributed by atoms with E-state index in [4.69, 9.17) is 28.9 Å². The number of aryl methyl sites for hydroxylation is 1. The molecule has 0 aliphatic carbocycles. The summed E-state index contributed by atoms with van der Waals surface area (Å²) < 4.78 is 0. The molecule has 3 nitrogen and oxygen atoms in total. The van der Waals surface area contributed by atoms with E-state index in [1.165, 1.54) is 0 Å². The van der Waals surface area contributed by atoms with Crippen LogP contribution < -0.4 is 5.73 Å². The highest BCUT2D eigenvalue weighted by molar-refractivity contribution is 6.41. The summed E-state index contributed by atoms with van der Waals surface area (Å²) in [6.45, 7) is 1.71. The molecule has 10 heavy (non-hydrogen) atoms. The van der Waals surface area contributed by atoms with Gasteiger partial charge in [0.15, 0.2) is 5.15 Å². The molecule has 0 radical (unpaired) electrons. The number of nitrogens with zero attached hydrogens (tertiary/aromatic N) is 2. The molecule has 1 aromatic heterocycles. The van der Waals surface area contributed by atoms with Crippen LogP contribution in [-0.4, -0.2) is 9.97 Å². The third kappa shape index (κ3) is 1.30. The zero-order valence-electron chi connectivity index (χ0n) is 5.23. The van der Waals surface area contributed by atoms with Gasteiger partial charge >= 0.3 is 0 Å². The first-order chi connectivity index (χ1) is 4.61. The van der Waals surface area contributed by atoms with Crippen molar-refractivity contribution in [1.29, 1.82) is 0 Å². The minimum absolute atomic E-state index is 0.145. The molecule has 0 amide bonds. The van der Waals surface area contributed by atoms with Gasteiger partial charge < -0.3 is 5.73 Å². The normalized spacial score (nSPS) is 9.90. The van der Waals surface area contributed by atoms with Crippen molar-refractivity contribution in [2.45, 2.75) is 6.92 Å². The van der Waals surface area contributed by atoms with Gasteiger partial charge in [-0.3, -0.25) is 0 Å². The minimum atomic E-state index is 0.145. The molecule has 0 atom stereocenters. The molecule has 0 unspecified atom stereocenters. The van der Waals surface area contributed by atoms with E-state index in [0.717, 1.165) is 0 Å². The summed E-state index contributed by atoms with van der Waals surface area (Å²) in [5, 5.41) is 0.558. The largest absolute Gasteiger partial charge is 0.368 e. The highest BCUT2D eigenvalue weighted by Gasteiger charge is 2.04. The maximum absolute atomic E-state index is 5.64. The van der Waals surface area contributed by atoms with Crippen LogP contribution in [0.5, 0.6) is 0 Å². The van der Waals surface area contributed by atoms with Gasteiger partial charge in [-0.1, -0.05) is 23.2 Å². The second-order valence-electron chi connectivity index (χ2n) is 1.77. The van der Waals surface area contributed by atoms with Gasteiger partial charge in [0.1, 0.15) is 0 Å². The molecule has 0 bridgehead atoms. The standard InChI is InChI=1S/C5H5Cl2N3/c1-2-3(6)4(7)10-5(8)9-2/h1H3,(H2,8,9,10). The lowest BCUT2D eigenvalue weighted by Crippen LogP contribution is -1.97. The van der Waals surface area contributed by atoms with Gasteiger partial charge in [-0.15, -0.1) is 0 Å². The molecule has 0 aromatic carbocycles. The number of hydrogen-bond acceptors (Lipinski definition) is 3. The Labute approximate surface area is 68.2 Å². The lowest BCUT2D eigenvalue weighted by atomic mass is 10.4. The molecule has 0 spiro atoms. The van der Waals surface area contributed by atoms with Crippen LogP contribution in [0.2, 0.25) is 10.2 Å². The van der Waals surface area contributed by atoms with Crippen LogP contribution in [0.25, 0.3) is 0 Å². The molecular weight excluding hydrogens is 173 g/mol. The first-order valence-corrected chi connectivity index (χ1v) is 3.32. The molecule has 1 rings (SSSR count). The fourth-order valence-electron chi connectivity index (χ4n) is 0.545. The van der Waals surface area contributed by atoms with Crippen LogP contribution in [-0.2, 0) is 0 Å². The molecule has 0 aliphatic heterocycles. The van der Waals surface area contributed by atoms with Gasteiger partial charge in [0.05, 0.1) is 10.7 Å². The Morgan fingerprint density at radius 1 is 1.30 bits per heavy atom. The summed E-state index contributed by atoms with van der Waals surface area (Å²) in [4.78, 5) is 7.42. The quantitative estimate of drug-likeness (QED) is 0.614. The van der Waals surface area contributed by atoms with Crippen molar-refractivity contribution in [3.05, 3.63) is 15.9 Å². The van der Waals surface area contributed by atoms with Crippen molar-refractivity contribution in [3.63, 3.8) is 0 Å². The van der Waals surface area contributed by atoms with Crippen molar-refractivity contribution in [1.82, 2.24) is 9.97 Å². The van der Waals surface area contributed by atoms with Crippen molar-refractivity contribution in [2.24, 2.45) is 0 Å². The molecule has 0 aliphatic rings. The molecule has 5 heteroatoms. The van der Waals surface area contributed by atoms with Crippen LogP contribution in [0, 0.1) is 6.92 Å². The van der Waals surface area contributed by atoms with Crippen LogP contribution in [0.1, 0.15) is 5.69 Å². The van der Waals surface area contributed by atoms with E-state index >= 15 is 0 Å². The SMILES string of the molecule is Cc1nc(N)nc(Cl)c1Cl. The Kier molecular flexibility index (Phi) is 1.97. The zero-order valence-corrected chi connectivity index (χ0v) is 6.74. The summed E-state index contributed by atoms with van der Waals surface area (Å²) in [6.07, 6.45) is 0. The van der Waals surface area contributed by atoms with Crippen molar-refractivity contribution >= 4 is 29.2 Å². The summed E-state index contributed by atoms with van der Waals surface area (Å²) in [6, 6.07) is 0. The van der Waals surface area contributed by atoms with Gasteiger partial charge in [0, 0.05) is 0 Å². The first-order valence-electron chi connectivity index (χ1n) is 2.56. The van der Waals surface area contributed by atoms with E-state index in [0.29, 0.717) is 10.7 Å². The molecule has 0 saturated heterocycles. The Bertz CT molecular complexity index is 238. The molecule has 1 aromatic rings. The molecule has 2 N–H and O–H groups in total. The summed E-state index contributed by atoms with van der Waals surface area (Å²) >= 11 is 11.2. The van der Waals surface area contributed by atoms with Crippen LogP contribution in [0.3, 0.4) is 0 Å². The minimum Gasteiger partial charge on any atom is -0.368 e. The lowest BCUT2D eigenvalue weighted by Gasteiger charge is -1.98. The van der Waals surface area contributed by atoms with E-state index < -0.39 is 0 Å². The van der Waals surface area contributed by atoms with Crippen molar-refractivity contribution in [3.8, 4) is 0 Å². The fraction of sp³-hybridized carbons (Fsp3) is 0.200. The highest BCUT2D eigenvalue weighted by atomic mass is 35.5. The van der Waals surface area contributed by atoms with Crippen molar-refractivity contribution < 1.29 is 0 Å². The van der Waals surface area contributed by atoms with Gasteiger partial charge in [-0.2, -0.15) is 4.98 Å². The predicted octanol–water partition coefficient (Wildman–Crippen LogP) is 1.67. The Morgan fingerprint density at radius 3 is 2.40 bits per heavy atom. The number of nitrogen functional groups attached to an aromatic ring is 1. The smallest absolute Gasteiger partial charge is 0.221 e. The number of rotatable bonds is 0. The van der Waals surface area contributed by atoms with E-state index in [1.807, 2.05) is 0 Å². The maximum atomic E-state index is 5.64. The summed E-state index contributed by atoms with van der Waals surface area (Å²) in [5.74, 6) is 0.145. The molecule has 54 valence electrons. The summed E-state index contributed by atoms with van der Waals surface area (Å²) in [7, 11) is 0. The van der Waals surface area contributed by atoms with Crippen LogP contribution in [0.4, 0.5) is 5.95 Å². The summed E-state index contributed by atoms with van der Waals surface area (Å²) in [5.41, 5.74) is 5.86. The molecule has 1 heterocycles. The zero-order chi connectivity index (χ0) is 7.72. The van der Waals surface area contributed by atoms with Crippen LogP contribution in [0.15, 0.2) is 0 Å². The number of nitrogens with two attached hydrogens (primary N) is 1. The van der Waals surface area contributed by atoms with Crippen molar-refractivity contribution in [2.75, 3.05) is 5.73 Å². The molecule has 0 fully saturated rings. The molecule has 0 saturated carbocycles. The average molecular weight is 178 g/mol. The Balaban J connectivity index is 3.31. The number of hydrogen-bond donors (Lipinski definition) is 1. The third-order valence-electron chi connectivity index (χ3n) is 0.994. The Hall–Kier alpha value is -0.540. The van der Waals surface area contributed by atoms with E-state index in [-0.39, 0.29) is 11.1 Å². The van der Waals surface area contributed by atoms with Gasteiger partial charge in [0.2, 0.25) is 5.95 Å². The molecular formula is C5H5Cl2N3. The third-order valence-corrected chi connectivity index (χ3v) is 1.82. The predicted molar refractivity (Wildman–Crippen MR) is 41.2 cm³/mol. The average Bonchev–Trinajstić information content (AvgIpc) is 1.82. The number of anilines is 1. The number of halogens is 2.